The van der Waals surface area contributed by atoms with Crippen molar-refractivity contribution in [3.8, 4) is 11.5 Å². The van der Waals surface area contributed by atoms with Crippen molar-refractivity contribution in [1.82, 2.24) is 4.90 Å². The third kappa shape index (κ3) is 4.98. The lowest BCUT2D eigenvalue weighted by atomic mass is 10.2. The average molecular weight is 396 g/mol. The number of esters is 1. The van der Waals surface area contributed by atoms with Crippen molar-refractivity contribution in [2.75, 3.05) is 27.4 Å². The molecule has 2 rings (SSSR count). The van der Waals surface area contributed by atoms with Gasteiger partial charge >= 0.3 is 5.97 Å². The average Bonchev–Trinajstić information content (AvgIpc) is 2.89. The molecule has 0 bridgehead atoms. The van der Waals surface area contributed by atoms with Gasteiger partial charge in [-0.3, -0.25) is 14.5 Å². The summed E-state index contributed by atoms with van der Waals surface area (Å²) < 4.78 is 15.9. The number of amides is 1. The Morgan fingerprint density at radius 2 is 2.00 bits per heavy atom. The molecule has 1 aliphatic rings. The monoisotopic (exact) mass is 395 g/mol. The molecule has 0 atom stereocenters. The van der Waals surface area contributed by atoms with E-state index in [-0.39, 0.29) is 18.3 Å². The van der Waals surface area contributed by atoms with Crippen molar-refractivity contribution in [2.24, 2.45) is 0 Å². The van der Waals surface area contributed by atoms with Crippen LogP contribution >= 0.6 is 24.0 Å². The van der Waals surface area contributed by atoms with Crippen molar-refractivity contribution in [1.29, 1.82) is 0 Å². The zero-order chi connectivity index (χ0) is 19.1. The number of hydrogen-bond acceptors (Lipinski definition) is 7. The second-order valence-corrected chi connectivity index (χ2v) is 7.03. The number of ether oxygens (including phenoxy) is 3. The van der Waals surface area contributed by atoms with Gasteiger partial charge in [0.25, 0.3) is 5.91 Å². The Labute approximate surface area is 162 Å². The van der Waals surface area contributed by atoms with Crippen LogP contribution in [0.3, 0.4) is 0 Å². The zero-order valence-electron chi connectivity index (χ0n) is 14.9. The van der Waals surface area contributed by atoms with Crippen molar-refractivity contribution in [2.45, 2.75) is 19.8 Å². The largest absolute Gasteiger partial charge is 0.493 e. The predicted octanol–water partition coefficient (Wildman–Crippen LogP) is 3.25. The van der Waals surface area contributed by atoms with E-state index in [2.05, 4.69) is 0 Å². The molecule has 1 aromatic rings. The Kier molecular flexibility index (Phi) is 7.47. The second-order valence-electron chi connectivity index (χ2n) is 5.36. The maximum Gasteiger partial charge on any atom is 0.305 e. The molecule has 0 saturated carbocycles. The van der Waals surface area contributed by atoms with Gasteiger partial charge in [0.05, 0.1) is 25.7 Å². The van der Waals surface area contributed by atoms with Crippen LogP contribution in [0.2, 0.25) is 0 Å². The fourth-order valence-electron chi connectivity index (χ4n) is 2.40. The highest BCUT2D eigenvalue weighted by atomic mass is 32.2. The molecule has 1 aliphatic heterocycles. The van der Waals surface area contributed by atoms with Gasteiger partial charge in [-0.25, -0.2) is 0 Å². The summed E-state index contributed by atoms with van der Waals surface area (Å²) in [6, 6.07) is 5.42. The number of benzene rings is 1. The Bertz CT molecular complexity index is 732. The lowest BCUT2D eigenvalue weighted by molar-refractivity contribution is -0.143. The van der Waals surface area contributed by atoms with Gasteiger partial charge in [-0.1, -0.05) is 30.0 Å². The predicted molar refractivity (Wildman–Crippen MR) is 105 cm³/mol. The van der Waals surface area contributed by atoms with Gasteiger partial charge in [-0.15, -0.1) is 0 Å². The van der Waals surface area contributed by atoms with Crippen LogP contribution in [0.1, 0.15) is 25.3 Å². The molecule has 0 aliphatic carbocycles. The van der Waals surface area contributed by atoms with Crippen LogP contribution in [-0.2, 0) is 14.3 Å². The first-order valence-electron chi connectivity index (χ1n) is 8.13. The van der Waals surface area contributed by atoms with E-state index < -0.39 is 0 Å². The van der Waals surface area contributed by atoms with Crippen LogP contribution < -0.4 is 9.47 Å². The third-order valence-corrected chi connectivity index (χ3v) is 5.02. The molecule has 0 aromatic heterocycles. The minimum absolute atomic E-state index is 0.154. The highest BCUT2D eigenvalue weighted by Gasteiger charge is 2.31. The molecule has 0 spiro atoms. The third-order valence-electron chi connectivity index (χ3n) is 3.65. The highest BCUT2D eigenvalue weighted by Crippen LogP contribution is 2.34. The first kappa shape index (κ1) is 20.3. The standard InChI is InChI=1S/C18H21NO5S2/c1-4-24-16(20)6-5-9-19-17(21)15(26-18(19)25)11-12-7-8-13(22-2)14(10-12)23-3/h7-8,10-11H,4-6,9H2,1-3H3/b15-11-. The van der Waals surface area contributed by atoms with Crippen LogP contribution in [0.15, 0.2) is 23.1 Å². The molecule has 1 fully saturated rings. The number of methoxy groups -OCH3 is 2. The molecule has 140 valence electrons. The summed E-state index contributed by atoms with van der Waals surface area (Å²) in [5.74, 6) is 0.791. The van der Waals surface area contributed by atoms with Gasteiger partial charge in [-0.05, 0) is 37.1 Å². The molecule has 1 amide bonds. The van der Waals surface area contributed by atoms with E-state index in [0.29, 0.717) is 40.3 Å². The van der Waals surface area contributed by atoms with E-state index in [1.54, 1.807) is 39.4 Å². The molecule has 1 saturated heterocycles. The maximum absolute atomic E-state index is 12.6. The molecule has 8 heteroatoms. The van der Waals surface area contributed by atoms with E-state index in [1.807, 2.05) is 6.07 Å². The summed E-state index contributed by atoms with van der Waals surface area (Å²) in [5, 5.41) is 0. The Morgan fingerprint density at radius 1 is 1.27 bits per heavy atom. The quantitative estimate of drug-likeness (QED) is 0.380. The summed E-state index contributed by atoms with van der Waals surface area (Å²) in [6.07, 6.45) is 2.54. The van der Waals surface area contributed by atoms with Crippen LogP contribution in [0, 0.1) is 0 Å². The van der Waals surface area contributed by atoms with Crippen LogP contribution in [-0.4, -0.2) is 48.5 Å². The summed E-state index contributed by atoms with van der Waals surface area (Å²) >= 11 is 6.55. The highest BCUT2D eigenvalue weighted by molar-refractivity contribution is 8.26. The molecule has 0 unspecified atom stereocenters. The minimum Gasteiger partial charge on any atom is -0.493 e. The van der Waals surface area contributed by atoms with Crippen LogP contribution in [0.5, 0.6) is 11.5 Å². The van der Waals surface area contributed by atoms with E-state index in [9.17, 15) is 9.59 Å². The molecule has 0 N–H and O–H groups in total. The maximum atomic E-state index is 12.6. The molecular formula is C18H21NO5S2. The number of thiocarbonyl (C=S) groups is 1. The summed E-state index contributed by atoms with van der Waals surface area (Å²) in [4.78, 5) is 26.0. The first-order valence-corrected chi connectivity index (χ1v) is 9.35. The van der Waals surface area contributed by atoms with Gasteiger partial charge in [0.15, 0.2) is 11.5 Å². The van der Waals surface area contributed by atoms with Gasteiger partial charge < -0.3 is 14.2 Å². The van der Waals surface area contributed by atoms with Crippen molar-refractivity contribution < 1.29 is 23.8 Å². The van der Waals surface area contributed by atoms with Crippen molar-refractivity contribution in [3.05, 3.63) is 28.7 Å². The lowest BCUT2D eigenvalue weighted by Crippen LogP contribution is -2.29. The topological polar surface area (TPSA) is 65.1 Å². The number of thioether (sulfide) groups is 1. The van der Waals surface area contributed by atoms with Gasteiger partial charge in [0.1, 0.15) is 4.32 Å². The summed E-state index contributed by atoms with van der Waals surface area (Å²) in [6.45, 7) is 2.51. The number of nitrogens with zero attached hydrogens (tertiary/aromatic N) is 1. The molecule has 26 heavy (non-hydrogen) atoms. The van der Waals surface area contributed by atoms with Gasteiger partial charge in [-0.2, -0.15) is 0 Å². The number of rotatable bonds is 8. The van der Waals surface area contributed by atoms with E-state index in [0.717, 1.165) is 5.56 Å². The first-order chi connectivity index (χ1) is 12.5. The molecule has 0 radical (unpaired) electrons. The summed E-state index contributed by atoms with van der Waals surface area (Å²) in [7, 11) is 3.13. The van der Waals surface area contributed by atoms with E-state index in [1.165, 1.54) is 16.7 Å². The zero-order valence-corrected chi connectivity index (χ0v) is 16.6. The van der Waals surface area contributed by atoms with E-state index in [4.69, 9.17) is 26.4 Å². The molecule has 1 heterocycles. The van der Waals surface area contributed by atoms with Crippen LogP contribution in [0.4, 0.5) is 0 Å². The fourth-order valence-corrected chi connectivity index (χ4v) is 3.71. The van der Waals surface area contributed by atoms with Crippen molar-refractivity contribution in [3.63, 3.8) is 0 Å². The second kappa shape index (κ2) is 9.59. The normalized spacial score (nSPS) is 15.5. The van der Waals surface area contributed by atoms with Gasteiger partial charge in [0, 0.05) is 13.0 Å². The summed E-state index contributed by atoms with van der Waals surface area (Å²) in [5.41, 5.74) is 0.815. The van der Waals surface area contributed by atoms with Crippen molar-refractivity contribution >= 4 is 46.3 Å². The Hall–Kier alpha value is -2.06. The molecule has 6 nitrogen and oxygen atoms in total. The number of carbonyl (C=O) groups is 2. The minimum atomic E-state index is -0.265. The Balaban J connectivity index is 2.05. The van der Waals surface area contributed by atoms with E-state index >= 15 is 0 Å². The molecule has 1 aromatic carbocycles. The lowest BCUT2D eigenvalue weighted by Gasteiger charge is -2.13. The van der Waals surface area contributed by atoms with Gasteiger partial charge in [0.2, 0.25) is 0 Å². The SMILES string of the molecule is CCOC(=O)CCCN1C(=O)/C(=C/c2ccc(OC)c(OC)c2)SC1=S. The Morgan fingerprint density at radius 3 is 2.65 bits per heavy atom. The molecular weight excluding hydrogens is 374 g/mol. The number of hydrogen-bond donors (Lipinski definition) is 0. The van der Waals surface area contributed by atoms with Crippen LogP contribution in [0.25, 0.3) is 6.08 Å². The number of carbonyl (C=O) groups excluding carboxylic acids is 2. The fraction of sp³-hybridized carbons (Fsp3) is 0.389. The smallest absolute Gasteiger partial charge is 0.305 e.